The van der Waals surface area contributed by atoms with E-state index in [1.54, 1.807) is 4.90 Å². The van der Waals surface area contributed by atoms with Crippen molar-refractivity contribution >= 4 is 11.8 Å². The molecule has 7 nitrogen and oxygen atoms in total. The topological polar surface area (TPSA) is 84.4 Å². The number of nitrogens with one attached hydrogen (secondary N) is 1. The van der Waals surface area contributed by atoms with Crippen LogP contribution in [-0.4, -0.2) is 52.9 Å². The summed E-state index contributed by atoms with van der Waals surface area (Å²) < 4.78 is 6.18. The van der Waals surface area contributed by atoms with Crippen molar-refractivity contribution in [2.45, 2.75) is 25.2 Å². The van der Waals surface area contributed by atoms with Crippen LogP contribution in [0.4, 0.5) is 0 Å². The van der Waals surface area contributed by atoms with E-state index in [1.807, 2.05) is 30.3 Å². The van der Waals surface area contributed by atoms with E-state index in [-0.39, 0.29) is 17.5 Å². The second-order valence-electron chi connectivity index (χ2n) is 8.51. The second kappa shape index (κ2) is 9.40. The Hall–Kier alpha value is -3.74. The molecular formula is C26H26N4O3. The predicted octanol–water partition coefficient (Wildman–Crippen LogP) is 3.21. The third kappa shape index (κ3) is 5.03. The molecule has 2 amide bonds. The van der Waals surface area contributed by atoms with Crippen LogP contribution in [0.25, 0.3) is 0 Å². The van der Waals surface area contributed by atoms with Crippen molar-refractivity contribution in [3.8, 4) is 5.75 Å². The Labute approximate surface area is 192 Å². The van der Waals surface area contributed by atoms with E-state index in [4.69, 9.17) is 4.74 Å². The lowest BCUT2D eigenvalue weighted by Crippen LogP contribution is -2.41. The van der Waals surface area contributed by atoms with Gasteiger partial charge in [0.1, 0.15) is 18.1 Å². The molecule has 1 N–H and O–H groups in total. The highest BCUT2D eigenvalue weighted by Gasteiger charge is 2.25. The number of carbonyl (C=O) groups is 2. The fourth-order valence-electron chi connectivity index (χ4n) is 4.15. The van der Waals surface area contributed by atoms with Gasteiger partial charge in [-0.2, -0.15) is 0 Å². The summed E-state index contributed by atoms with van der Waals surface area (Å²) in [5.74, 6) is 1.07. The Morgan fingerprint density at radius 3 is 2.82 bits per heavy atom. The lowest BCUT2D eigenvalue weighted by Gasteiger charge is -2.23. The van der Waals surface area contributed by atoms with Gasteiger partial charge in [-0.15, -0.1) is 0 Å². The van der Waals surface area contributed by atoms with E-state index >= 15 is 0 Å². The number of ether oxygens (including phenoxy) is 1. The minimum Gasteiger partial charge on any atom is -0.491 e. The molecule has 1 saturated carbocycles. The Morgan fingerprint density at radius 2 is 2.00 bits per heavy atom. The number of aromatic nitrogens is 2. The van der Waals surface area contributed by atoms with Gasteiger partial charge >= 0.3 is 0 Å². The molecule has 1 aliphatic carbocycles. The van der Waals surface area contributed by atoms with Gasteiger partial charge in [-0.25, -0.2) is 4.98 Å². The summed E-state index contributed by atoms with van der Waals surface area (Å²) in [5.41, 5.74) is 4.38. The molecule has 5 rings (SSSR count). The lowest BCUT2D eigenvalue weighted by molar-refractivity contribution is 0.0717. The molecule has 0 radical (unpaired) electrons. The van der Waals surface area contributed by atoms with Crippen LogP contribution in [-0.2, 0) is 6.42 Å². The standard InChI is InChI=1S/C26H26N4O3/c31-25-21-3-1-2-18(14-21)15-22-16-20(19-4-5-19)6-7-24(22)33-13-12-30(11-10-29-25)26(32)23-17-27-8-9-28-23/h1-3,6-9,14,16-17,19H,4-5,10-13,15H2,(H,29,31). The average Bonchev–Trinajstić information content (AvgIpc) is 3.69. The number of benzene rings is 2. The minimum absolute atomic E-state index is 0.149. The molecule has 168 valence electrons. The highest BCUT2D eigenvalue weighted by molar-refractivity contribution is 5.94. The third-order valence-electron chi connectivity index (χ3n) is 6.07. The molecule has 0 atom stereocenters. The third-order valence-corrected chi connectivity index (χ3v) is 6.07. The van der Waals surface area contributed by atoms with Crippen molar-refractivity contribution < 1.29 is 14.3 Å². The first kappa shape index (κ1) is 21.1. The van der Waals surface area contributed by atoms with Crippen LogP contribution < -0.4 is 10.1 Å². The smallest absolute Gasteiger partial charge is 0.274 e. The van der Waals surface area contributed by atoms with Gasteiger partial charge in [0.15, 0.2) is 0 Å². The zero-order valence-corrected chi connectivity index (χ0v) is 18.4. The zero-order chi connectivity index (χ0) is 22.6. The number of fused-ring (bicyclic) bond motifs is 3. The molecule has 1 fully saturated rings. The van der Waals surface area contributed by atoms with Gasteiger partial charge in [0.25, 0.3) is 11.8 Å². The maximum atomic E-state index is 13.0. The fraction of sp³-hybridized carbons (Fsp3) is 0.308. The Morgan fingerprint density at radius 1 is 1.09 bits per heavy atom. The summed E-state index contributed by atoms with van der Waals surface area (Å²) in [6, 6.07) is 14.1. The Bertz CT molecular complexity index is 1160. The van der Waals surface area contributed by atoms with Crippen LogP contribution in [0.2, 0.25) is 0 Å². The molecule has 0 unspecified atom stereocenters. The summed E-state index contributed by atoms with van der Waals surface area (Å²) >= 11 is 0. The van der Waals surface area contributed by atoms with Gasteiger partial charge in [-0.3, -0.25) is 14.6 Å². The Balaban J connectivity index is 1.44. The Kier molecular flexibility index (Phi) is 6.02. The van der Waals surface area contributed by atoms with E-state index in [1.165, 1.54) is 37.0 Å². The SMILES string of the molecule is O=C1NCCN(C(=O)c2cnccn2)CCOc2ccc(C3CC3)cc2Cc2cccc1c2. The molecule has 33 heavy (non-hydrogen) atoms. The first-order valence-electron chi connectivity index (χ1n) is 11.4. The number of rotatable bonds is 2. The number of hydrogen-bond donors (Lipinski definition) is 1. The quantitative estimate of drug-likeness (QED) is 0.659. The largest absolute Gasteiger partial charge is 0.491 e. The molecule has 0 saturated heterocycles. The fourth-order valence-corrected chi connectivity index (χ4v) is 4.15. The van der Waals surface area contributed by atoms with Crippen molar-refractivity contribution in [1.82, 2.24) is 20.2 Å². The number of hydrogen-bond acceptors (Lipinski definition) is 5. The molecule has 2 aliphatic rings. The molecule has 1 aliphatic heterocycles. The molecule has 3 aromatic rings. The monoisotopic (exact) mass is 442 g/mol. The van der Waals surface area contributed by atoms with Crippen LogP contribution in [0.1, 0.15) is 56.3 Å². The summed E-state index contributed by atoms with van der Waals surface area (Å²) in [5, 5.41) is 2.92. The molecule has 7 heteroatoms. The van der Waals surface area contributed by atoms with Crippen LogP contribution in [0, 0.1) is 0 Å². The van der Waals surface area contributed by atoms with Gasteiger partial charge in [0.05, 0.1) is 12.7 Å². The van der Waals surface area contributed by atoms with E-state index in [0.29, 0.717) is 44.1 Å². The molecular weight excluding hydrogens is 416 g/mol. The van der Waals surface area contributed by atoms with Gasteiger partial charge < -0.3 is 15.0 Å². The van der Waals surface area contributed by atoms with E-state index in [9.17, 15) is 9.59 Å². The van der Waals surface area contributed by atoms with Gasteiger partial charge in [0.2, 0.25) is 0 Å². The van der Waals surface area contributed by atoms with Crippen LogP contribution in [0.15, 0.2) is 61.1 Å². The lowest BCUT2D eigenvalue weighted by atomic mass is 9.98. The van der Waals surface area contributed by atoms with Crippen LogP contribution in [0.3, 0.4) is 0 Å². The average molecular weight is 443 g/mol. The summed E-state index contributed by atoms with van der Waals surface area (Å²) in [6.45, 7) is 1.39. The van der Waals surface area contributed by atoms with E-state index < -0.39 is 0 Å². The molecule has 1 aromatic heterocycles. The summed E-state index contributed by atoms with van der Waals surface area (Å²) in [7, 11) is 0. The van der Waals surface area contributed by atoms with Crippen molar-refractivity contribution in [3.05, 3.63) is 89.0 Å². The maximum Gasteiger partial charge on any atom is 0.274 e. The van der Waals surface area contributed by atoms with Crippen molar-refractivity contribution in [2.75, 3.05) is 26.2 Å². The molecule has 2 heterocycles. The molecule has 0 spiro atoms. The van der Waals surface area contributed by atoms with Crippen molar-refractivity contribution in [3.63, 3.8) is 0 Å². The first-order chi connectivity index (χ1) is 16.2. The van der Waals surface area contributed by atoms with Gasteiger partial charge in [-0.1, -0.05) is 24.3 Å². The molecule has 2 bridgehead atoms. The van der Waals surface area contributed by atoms with Crippen molar-refractivity contribution in [1.29, 1.82) is 0 Å². The second-order valence-corrected chi connectivity index (χ2v) is 8.51. The predicted molar refractivity (Wildman–Crippen MR) is 123 cm³/mol. The number of amides is 2. The number of carbonyl (C=O) groups excluding carboxylic acids is 2. The number of nitrogens with zero attached hydrogens (tertiary/aromatic N) is 3. The van der Waals surface area contributed by atoms with E-state index in [0.717, 1.165) is 16.9 Å². The van der Waals surface area contributed by atoms with E-state index in [2.05, 4.69) is 27.4 Å². The minimum atomic E-state index is -0.237. The summed E-state index contributed by atoms with van der Waals surface area (Å²) in [6.07, 6.45) is 7.62. The highest BCUT2D eigenvalue weighted by Crippen LogP contribution is 2.41. The first-order valence-corrected chi connectivity index (χ1v) is 11.4. The highest BCUT2D eigenvalue weighted by atomic mass is 16.5. The van der Waals surface area contributed by atoms with Gasteiger partial charge in [0, 0.05) is 37.5 Å². The normalized spacial score (nSPS) is 16.7. The molecule has 2 aromatic carbocycles. The zero-order valence-electron chi connectivity index (χ0n) is 18.4. The maximum absolute atomic E-state index is 13.0. The van der Waals surface area contributed by atoms with Crippen LogP contribution >= 0.6 is 0 Å². The summed E-state index contributed by atoms with van der Waals surface area (Å²) in [4.78, 5) is 35.5. The van der Waals surface area contributed by atoms with Crippen LogP contribution in [0.5, 0.6) is 5.75 Å². The van der Waals surface area contributed by atoms with Gasteiger partial charge in [-0.05, 0) is 53.6 Å². The van der Waals surface area contributed by atoms with Crippen molar-refractivity contribution in [2.24, 2.45) is 0 Å².